The molecule has 0 saturated heterocycles. The van der Waals surface area contributed by atoms with Gasteiger partial charge in [-0.05, 0) is 25.7 Å². The summed E-state index contributed by atoms with van der Waals surface area (Å²) >= 11 is 0. The Kier molecular flexibility index (Phi) is 4.26. The maximum atomic E-state index is 5.43. The van der Waals surface area contributed by atoms with Crippen LogP contribution in [0.3, 0.4) is 0 Å². The van der Waals surface area contributed by atoms with E-state index in [9.17, 15) is 0 Å². The van der Waals surface area contributed by atoms with Gasteiger partial charge in [0.25, 0.3) is 0 Å². The summed E-state index contributed by atoms with van der Waals surface area (Å²) in [6, 6.07) is 0. The molecule has 76 valence electrons. The van der Waals surface area contributed by atoms with Crippen molar-refractivity contribution < 1.29 is 4.84 Å². The van der Waals surface area contributed by atoms with Gasteiger partial charge in [0.15, 0.2) is 0 Å². The maximum Gasteiger partial charge on any atom is 0.142 e. The smallest absolute Gasteiger partial charge is 0.142 e. The summed E-state index contributed by atoms with van der Waals surface area (Å²) in [7, 11) is 0. The average molecular weight is 183 g/mol. The second-order valence-corrected chi connectivity index (χ2v) is 3.68. The van der Waals surface area contributed by atoms with Gasteiger partial charge in [-0.15, -0.1) is 0 Å². The highest BCUT2D eigenvalue weighted by Crippen LogP contribution is 2.35. The molecule has 0 N–H and O–H groups in total. The molecule has 13 heavy (non-hydrogen) atoms. The summed E-state index contributed by atoms with van der Waals surface area (Å²) in [5.41, 5.74) is 0.135. The van der Waals surface area contributed by atoms with Crippen LogP contribution in [0.5, 0.6) is 0 Å². The van der Waals surface area contributed by atoms with Gasteiger partial charge in [0.2, 0.25) is 0 Å². The summed E-state index contributed by atoms with van der Waals surface area (Å²) in [5, 5.41) is 3.88. The first-order valence-corrected chi connectivity index (χ1v) is 5.61. The van der Waals surface area contributed by atoms with Crippen molar-refractivity contribution in [2.24, 2.45) is 5.16 Å². The molecular formula is C11H21NO. The van der Waals surface area contributed by atoms with Crippen LogP contribution in [0.2, 0.25) is 0 Å². The third-order valence-corrected chi connectivity index (χ3v) is 2.80. The van der Waals surface area contributed by atoms with Crippen molar-refractivity contribution in [3.8, 4) is 0 Å². The SMILES string of the molecule is C1=NOC2(C1)CCCCCC2.CC. The zero-order chi connectivity index (χ0) is 9.57. The lowest BCUT2D eigenvalue weighted by Crippen LogP contribution is -2.26. The van der Waals surface area contributed by atoms with Crippen molar-refractivity contribution in [2.45, 2.75) is 64.4 Å². The normalized spacial score (nSPS) is 24.5. The quantitative estimate of drug-likeness (QED) is 0.563. The van der Waals surface area contributed by atoms with Crippen LogP contribution in [0.15, 0.2) is 5.16 Å². The van der Waals surface area contributed by atoms with E-state index in [0.717, 1.165) is 6.42 Å². The van der Waals surface area contributed by atoms with Crippen molar-refractivity contribution in [1.82, 2.24) is 0 Å². The minimum absolute atomic E-state index is 0.135. The molecule has 0 unspecified atom stereocenters. The molecule has 0 aromatic heterocycles. The molecule has 1 spiro atoms. The topological polar surface area (TPSA) is 21.6 Å². The molecular weight excluding hydrogens is 162 g/mol. The minimum atomic E-state index is 0.135. The van der Waals surface area contributed by atoms with Gasteiger partial charge < -0.3 is 4.84 Å². The molecule has 1 saturated carbocycles. The Hall–Kier alpha value is -0.530. The lowest BCUT2D eigenvalue weighted by Gasteiger charge is -2.23. The van der Waals surface area contributed by atoms with Crippen molar-refractivity contribution in [2.75, 3.05) is 0 Å². The zero-order valence-corrected chi connectivity index (χ0v) is 8.88. The largest absolute Gasteiger partial charge is 0.389 e. The Morgan fingerprint density at radius 2 is 1.69 bits per heavy atom. The summed E-state index contributed by atoms with van der Waals surface area (Å²) in [5.74, 6) is 0. The number of oxime groups is 1. The fourth-order valence-corrected chi connectivity index (χ4v) is 2.06. The van der Waals surface area contributed by atoms with E-state index < -0.39 is 0 Å². The van der Waals surface area contributed by atoms with Gasteiger partial charge in [0.1, 0.15) is 5.60 Å². The maximum absolute atomic E-state index is 5.43. The predicted octanol–water partition coefficient (Wildman–Crippen LogP) is 3.51. The molecule has 1 aliphatic heterocycles. The van der Waals surface area contributed by atoms with Crippen LogP contribution in [0.4, 0.5) is 0 Å². The van der Waals surface area contributed by atoms with Crippen LogP contribution in [0.1, 0.15) is 58.8 Å². The van der Waals surface area contributed by atoms with E-state index in [2.05, 4.69) is 5.16 Å². The summed E-state index contributed by atoms with van der Waals surface area (Å²) in [4.78, 5) is 5.43. The van der Waals surface area contributed by atoms with Gasteiger partial charge in [-0.25, -0.2) is 0 Å². The van der Waals surface area contributed by atoms with E-state index in [1.54, 1.807) is 0 Å². The van der Waals surface area contributed by atoms with Crippen molar-refractivity contribution in [3.05, 3.63) is 0 Å². The summed E-state index contributed by atoms with van der Waals surface area (Å²) in [6.07, 6.45) is 10.8. The van der Waals surface area contributed by atoms with E-state index in [0.29, 0.717) is 0 Å². The fraction of sp³-hybridized carbons (Fsp3) is 0.909. The minimum Gasteiger partial charge on any atom is -0.389 e. The highest BCUT2D eigenvalue weighted by atomic mass is 16.7. The van der Waals surface area contributed by atoms with Crippen molar-refractivity contribution in [3.63, 3.8) is 0 Å². The third-order valence-electron chi connectivity index (χ3n) is 2.80. The Labute approximate surface area is 81.3 Å². The molecule has 0 aromatic carbocycles. The van der Waals surface area contributed by atoms with Crippen LogP contribution in [-0.4, -0.2) is 11.8 Å². The number of rotatable bonds is 0. The van der Waals surface area contributed by atoms with Crippen LogP contribution in [0, 0.1) is 0 Å². The number of hydrogen-bond donors (Lipinski definition) is 0. The Morgan fingerprint density at radius 3 is 2.15 bits per heavy atom. The first kappa shape index (κ1) is 10.6. The van der Waals surface area contributed by atoms with Crippen LogP contribution < -0.4 is 0 Å². The molecule has 0 aromatic rings. The molecule has 1 heterocycles. The Balaban J connectivity index is 0.000000396. The van der Waals surface area contributed by atoms with Crippen LogP contribution in [0.25, 0.3) is 0 Å². The molecule has 0 amide bonds. The summed E-state index contributed by atoms with van der Waals surface area (Å²) in [6.45, 7) is 4.00. The van der Waals surface area contributed by atoms with E-state index in [1.165, 1.54) is 38.5 Å². The molecule has 0 bridgehead atoms. The van der Waals surface area contributed by atoms with Crippen molar-refractivity contribution >= 4 is 6.21 Å². The molecule has 0 atom stereocenters. The third kappa shape index (κ3) is 2.71. The zero-order valence-electron chi connectivity index (χ0n) is 8.88. The lowest BCUT2D eigenvalue weighted by molar-refractivity contribution is -0.0298. The molecule has 2 rings (SSSR count). The first-order chi connectivity index (χ1) is 6.41. The standard InChI is InChI=1S/C9H15NO.C2H6/c1-2-4-6-9(5-3-1)7-8-10-11-9;1-2/h8H,1-7H2;1-2H3. The second-order valence-electron chi connectivity index (χ2n) is 3.68. The van der Waals surface area contributed by atoms with Gasteiger partial charge in [-0.1, -0.05) is 31.8 Å². The van der Waals surface area contributed by atoms with Crippen LogP contribution >= 0.6 is 0 Å². The van der Waals surface area contributed by atoms with E-state index >= 15 is 0 Å². The number of hydrogen-bond acceptors (Lipinski definition) is 2. The van der Waals surface area contributed by atoms with Gasteiger partial charge in [-0.2, -0.15) is 0 Å². The van der Waals surface area contributed by atoms with E-state index in [1.807, 2.05) is 20.1 Å². The molecule has 2 nitrogen and oxygen atoms in total. The average Bonchev–Trinajstić information content (AvgIpc) is 2.50. The number of nitrogens with zero attached hydrogens (tertiary/aromatic N) is 1. The van der Waals surface area contributed by atoms with E-state index in [-0.39, 0.29) is 5.60 Å². The molecule has 2 heteroatoms. The molecule has 0 radical (unpaired) electrons. The highest BCUT2D eigenvalue weighted by molar-refractivity contribution is 5.59. The van der Waals surface area contributed by atoms with Crippen molar-refractivity contribution in [1.29, 1.82) is 0 Å². The highest BCUT2D eigenvalue weighted by Gasteiger charge is 2.35. The predicted molar refractivity (Wildman–Crippen MR) is 56.0 cm³/mol. The monoisotopic (exact) mass is 183 g/mol. The Bertz CT molecular complexity index is 147. The van der Waals surface area contributed by atoms with E-state index in [4.69, 9.17) is 4.84 Å². The molecule has 1 aliphatic carbocycles. The van der Waals surface area contributed by atoms with Gasteiger partial charge in [-0.3, -0.25) is 0 Å². The summed E-state index contributed by atoms with van der Waals surface area (Å²) < 4.78 is 0. The van der Waals surface area contributed by atoms with Gasteiger partial charge >= 0.3 is 0 Å². The molecule has 1 fully saturated rings. The fourth-order valence-electron chi connectivity index (χ4n) is 2.06. The first-order valence-electron chi connectivity index (χ1n) is 5.61. The lowest BCUT2D eigenvalue weighted by atomic mass is 9.92. The molecule has 2 aliphatic rings. The second kappa shape index (κ2) is 5.25. The van der Waals surface area contributed by atoms with Gasteiger partial charge in [0.05, 0.1) is 0 Å². The van der Waals surface area contributed by atoms with Gasteiger partial charge in [0, 0.05) is 12.6 Å². The van der Waals surface area contributed by atoms with Crippen LogP contribution in [-0.2, 0) is 4.84 Å². The Morgan fingerprint density at radius 1 is 1.08 bits per heavy atom.